The molecule has 1 aromatic heterocycles. The molecule has 188 valence electrons. The molecule has 0 aliphatic heterocycles. The molecule has 0 bridgehead atoms. The van der Waals surface area contributed by atoms with Crippen LogP contribution in [0.4, 0.5) is 0 Å². The second kappa shape index (κ2) is 11.0. The minimum atomic E-state index is -1.18. The monoisotopic (exact) mass is 570 g/mol. The summed E-state index contributed by atoms with van der Waals surface area (Å²) in [5, 5.41) is 17.3. The molecule has 3 nitrogen and oxygen atoms in total. The van der Waals surface area contributed by atoms with Crippen LogP contribution in [0.15, 0.2) is 107 Å². The van der Waals surface area contributed by atoms with Crippen LogP contribution in [0.1, 0.15) is 29.0 Å². The lowest BCUT2D eigenvalue weighted by atomic mass is 9.71. The van der Waals surface area contributed by atoms with Crippen molar-refractivity contribution in [3.8, 4) is 0 Å². The zero-order valence-electron chi connectivity index (χ0n) is 21.4. The standard InChI is InChI=1S/C32H31BrN2OS/c1-35(2)19-18-32(36,28-15-9-13-22-10-7-8-14-26(22)28)30(23-11-5-4-6-12-23)27-21-24-20-25(33)16-17-29(24)34-31(27)37-3/h4-17,20-21,30,36H,18-19H2,1-3H3/t30-,32+/m0/s1. The number of rotatable bonds is 8. The van der Waals surface area contributed by atoms with E-state index in [1.807, 2.05) is 18.2 Å². The van der Waals surface area contributed by atoms with Gasteiger partial charge in [-0.05, 0) is 78.5 Å². The van der Waals surface area contributed by atoms with Crippen LogP contribution in [0.25, 0.3) is 21.7 Å². The zero-order valence-corrected chi connectivity index (χ0v) is 23.8. The molecule has 1 N–H and O–H groups in total. The maximum absolute atomic E-state index is 13.1. The van der Waals surface area contributed by atoms with Crippen LogP contribution >= 0.6 is 27.7 Å². The molecule has 5 heteroatoms. The van der Waals surface area contributed by atoms with Gasteiger partial charge in [-0.15, -0.1) is 11.8 Å². The highest BCUT2D eigenvalue weighted by Crippen LogP contribution is 2.48. The molecule has 0 unspecified atom stereocenters. The number of benzene rings is 4. The van der Waals surface area contributed by atoms with Crippen molar-refractivity contribution in [1.29, 1.82) is 0 Å². The van der Waals surface area contributed by atoms with Crippen LogP contribution in [0.5, 0.6) is 0 Å². The Bertz CT molecular complexity index is 1530. The van der Waals surface area contributed by atoms with Gasteiger partial charge in [0.15, 0.2) is 0 Å². The highest BCUT2D eigenvalue weighted by molar-refractivity contribution is 9.10. The van der Waals surface area contributed by atoms with Gasteiger partial charge in [0.1, 0.15) is 10.6 Å². The largest absolute Gasteiger partial charge is 0.384 e. The van der Waals surface area contributed by atoms with Gasteiger partial charge in [-0.25, -0.2) is 4.98 Å². The Hall–Kier alpha value is -2.70. The lowest BCUT2D eigenvalue weighted by Gasteiger charge is -2.39. The first-order valence-electron chi connectivity index (χ1n) is 12.4. The summed E-state index contributed by atoms with van der Waals surface area (Å²) in [6.07, 6.45) is 2.63. The molecule has 4 aromatic carbocycles. The van der Waals surface area contributed by atoms with Crippen molar-refractivity contribution in [2.24, 2.45) is 0 Å². The van der Waals surface area contributed by atoms with Crippen molar-refractivity contribution >= 4 is 49.4 Å². The summed E-state index contributed by atoms with van der Waals surface area (Å²) in [7, 11) is 4.12. The van der Waals surface area contributed by atoms with Crippen molar-refractivity contribution in [3.63, 3.8) is 0 Å². The maximum Gasteiger partial charge on any atom is 0.102 e. The molecule has 5 aromatic rings. The van der Waals surface area contributed by atoms with E-state index >= 15 is 0 Å². The summed E-state index contributed by atoms with van der Waals surface area (Å²) in [5.74, 6) is -0.321. The molecule has 0 saturated carbocycles. The third kappa shape index (κ3) is 5.19. The number of hydrogen-bond acceptors (Lipinski definition) is 4. The fourth-order valence-corrected chi connectivity index (χ4v) is 6.29. The fourth-order valence-electron chi connectivity index (χ4n) is 5.31. The van der Waals surface area contributed by atoms with Crippen LogP contribution < -0.4 is 0 Å². The zero-order chi connectivity index (χ0) is 26.0. The van der Waals surface area contributed by atoms with E-state index in [1.165, 1.54) is 0 Å². The predicted molar refractivity (Wildman–Crippen MR) is 161 cm³/mol. The third-order valence-electron chi connectivity index (χ3n) is 7.08. The molecule has 1 heterocycles. The van der Waals surface area contributed by atoms with E-state index in [2.05, 4.69) is 120 Å². The first-order chi connectivity index (χ1) is 17.9. The van der Waals surface area contributed by atoms with Gasteiger partial charge in [0.05, 0.1) is 5.52 Å². The molecule has 37 heavy (non-hydrogen) atoms. The van der Waals surface area contributed by atoms with Gasteiger partial charge in [0.2, 0.25) is 0 Å². The SMILES string of the molecule is CSc1nc2ccc(Br)cc2cc1[C@H](c1ccccc1)[C@@](O)(CCN(C)C)c1cccc2ccccc12. The number of pyridine rings is 1. The van der Waals surface area contributed by atoms with E-state index in [4.69, 9.17) is 4.98 Å². The molecule has 0 fully saturated rings. The molecule has 0 saturated heterocycles. The Balaban J connectivity index is 1.84. The second-order valence-electron chi connectivity index (χ2n) is 9.77. The van der Waals surface area contributed by atoms with Gasteiger partial charge in [-0.1, -0.05) is 88.7 Å². The fraction of sp³-hybridized carbons (Fsp3) is 0.219. The number of halogens is 1. The van der Waals surface area contributed by atoms with Crippen molar-refractivity contribution in [2.45, 2.75) is 23.0 Å². The summed E-state index contributed by atoms with van der Waals surface area (Å²) in [6, 6.07) is 33.4. The molecule has 0 spiro atoms. The van der Waals surface area contributed by atoms with Crippen LogP contribution in [-0.2, 0) is 5.60 Å². The van der Waals surface area contributed by atoms with Gasteiger partial charge in [-0.3, -0.25) is 0 Å². The Labute approximate surface area is 231 Å². The van der Waals surface area contributed by atoms with Gasteiger partial charge in [0, 0.05) is 22.3 Å². The summed E-state index contributed by atoms with van der Waals surface area (Å²) >= 11 is 5.26. The van der Waals surface area contributed by atoms with Gasteiger partial charge in [-0.2, -0.15) is 0 Å². The molecular weight excluding hydrogens is 540 g/mol. The summed E-state index contributed by atoms with van der Waals surface area (Å²) < 4.78 is 1.01. The van der Waals surface area contributed by atoms with E-state index in [1.54, 1.807) is 11.8 Å². The van der Waals surface area contributed by atoms with E-state index in [0.717, 1.165) is 54.4 Å². The quantitative estimate of drug-likeness (QED) is 0.193. The molecule has 2 atom stereocenters. The van der Waals surface area contributed by atoms with Crippen LogP contribution in [0, 0.1) is 0 Å². The first-order valence-corrected chi connectivity index (χ1v) is 14.5. The van der Waals surface area contributed by atoms with Crippen molar-refractivity contribution in [3.05, 3.63) is 118 Å². The number of aliphatic hydroxyl groups is 1. The lowest BCUT2D eigenvalue weighted by molar-refractivity contribution is 0.00512. The van der Waals surface area contributed by atoms with E-state index in [0.29, 0.717) is 6.42 Å². The summed E-state index contributed by atoms with van der Waals surface area (Å²) in [5.41, 5.74) is 2.83. The third-order valence-corrected chi connectivity index (χ3v) is 8.29. The number of thioether (sulfide) groups is 1. The summed E-state index contributed by atoms with van der Waals surface area (Å²) in [4.78, 5) is 7.21. The van der Waals surface area contributed by atoms with Crippen LogP contribution in [0.2, 0.25) is 0 Å². The Morgan fingerprint density at radius 3 is 2.38 bits per heavy atom. The maximum atomic E-state index is 13.1. The number of fused-ring (bicyclic) bond motifs is 2. The highest BCUT2D eigenvalue weighted by atomic mass is 79.9. The molecule has 0 aliphatic carbocycles. The topological polar surface area (TPSA) is 36.4 Å². The van der Waals surface area contributed by atoms with Gasteiger partial charge < -0.3 is 10.0 Å². The normalized spacial score (nSPS) is 14.2. The Morgan fingerprint density at radius 1 is 0.892 bits per heavy atom. The average molecular weight is 572 g/mol. The molecule has 0 aliphatic rings. The predicted octanol–water partition coefficient (Wildman–Crippen LogP) is 7.84. The Kier molecular flexibility index (Phi) is 7.68. The van der Waals surface area contributed by atoms with E-state index in [9.17, 15) is 5.11 Å². The molecule has 5 rings (SSSR count). The van der Waals surface area contributed by atoms with Gasteiger partial charge in [0.25, 0.3) is 0 Å². The minimum Gasteiger partial charge on any atom is -0.384 e. The smallest absolute Gasteiger partial charge is 0.102 e. The lowest BCUT2D eigenvalue weighted by Crippen LogP contribution is -2.38. The highest BCUT2D eigenvalue weighted by Gasteiger charge is 2.42. The van der Waals surface area contributed by atoms with Crippen LogP contribution in [0.3, 0.4) is 0 Å². The average Bonchev–Trinajstić information content (AvgIpc) is 2.92. The summed E-state index contributed by atoms with van der Waals surface area (Å²) in [6.45, 7) is 0.740. The van der Waals surface area contributed by atoms with Crippen LogP contribution in [-0.4, -0.2) is 41.9 Å². The van der Waals surface area contributed by atoms with Crippen molar-refractivity contribution < 1.29 is 5.11 Å². The number of nitrogens with zero attached hydrogens (tertiary/aromatic N) is 2. The number of hydrogen-bond donors (Lipinski definition) is 1. The number of aromatic nitrogens is 1. The van der Waals surface area contributed by atoms with E-state index < -0.39 is 5.60 Å². The van der Waals surface area contributed by atoms with Gasteiger partial charge >= 0.3 is 0 Å². The second-order valence-corrected chi connectivity index (χ2v) is 11.5. The van der Waals surface area contributed by atoms with Crippen molar-refractivity contribution in [1.82, 2.24) is 9.88 Å². The van der Waals surface area contributed by atoms with Crippen molar-refractivity contribution in [2.75, 3.05) is 26.9 Å². The minimum absolute atomic E-state index is 0.321. The molecule has 0 radical (unpaired) electrons. The molecule has 0 amide bonds. The first kappa shape index (κ1) is 25.9. The Morgan fingerprint density at radius 2 is 1.62 bits per heavy atom. The van der Waals surface area contributed by atoms with E-state index in [-0.39, 0.29) is 5.92 Å². The molecular formula is C32H31BrN2OS.